The number of para-hydroxylation sites is 1. The summed E-state index contributed by atoms with van der Waals surface area (Å²) >= 11 is 6.22. The van der Waals surface area contributed by atoms with Crippen molar-refractivity contribution in [2.75, 3.05) is 13.1 Å². The molecule has 4 rings (SSSR count). The van der Waals surface area contributed by atoms with Crippen LogP contribution in [-0.4, -0.2) is 13.1 Å². The summed E-state index contributed by atoms with van der Waals surface area (Å²) in [7, 11) is 0. The third-order valence-electron chi connectivity index (χ3n) is 4.81. The van der Waals surface area contributed by atoms with Crippen LogP contribution in [0.1, 0.15) is 36.8 Å². The number of hydrogen-bond donors (Lipinski definition) is 1. The number of nitrogens with one attached hydrogen (secondary N) is 1. The minimum Gasteiger partial charge on any atom is -0.444 e. The first kappa shape index (κ1) is 18.3. The lowest BCUT2D eigenvalue weighted by Crippen LogP contribution is -2.32. The average Bonchev–Trinajstić information content (AvgIpc) is 2.92. The highest BCUT2D eigenvalue weighted by Gasteiger charge is 2.42. The molecular formula is C19H20Cl2FNO2. The Kier molecular flexibility index (Phi) is 5.14. The van der Waals surface area contributed by atoms with E-state index in [2.05, 4.69) is 11.4 Å². The lowest BCUT2D eigenvalue weighted by atomic mass is 9.89. The van der Waals surface area contributed by atoms with Crippen molar-refractivity contribution in [1.29, 1.82) is 0 Å². The minimum absolute atomic E-state index is 0. The van der Waals surface area contributed by atoms with Crippen LogP contribution >= 0.6 is 24.0 Å². The zero-order chi connectivity index (χ0) is 16.7. The molecule has 0 aromatic heterocycles. The van der Waals surface area contributed by atoms with Crippen molar-refractivity contribution < 1.29 is 13.9 Å². The van der Waals surface area contributed by atoms with E-state index in [4.69, 9.17) is 21.1 Å². The van der Waals surface area contributed by atoms with Crippen molar-refractivity contribution in [3.63, 3.8) is 0 Å². The Labute approximate surface area is 157 Å². The lowest BCUT2D eigenvalue weighted by molar-refractivity contribution is -0.0684. The second-order valence-corrected chi connectivity index (χ2v) is 6.88. The molecule has 1 fully saturated rings. The average molecular weight is 384 g/mol. The number of fused-ring (bicyclic) bond motifs is 1. The molecule has 0 saturated carbocycles. The second kappa shape index (κ2) is 7.02. The standard InChI is InChI=1S/C19H19ClFNO2.ClH/c1-19(15-6-5-13(21)11-16(15)20)23-17-4-2-3-14(18(17)24-19)12-7-9-22-10-8-12;/h2-6,11-12,22H,7-10H2,1H3;1H. The molecule has 0 spiro atoms. The van der Waals surface area contributed by atoms with Gasteiger partial charge in [0.2, 0.25) is 0 Å². The molecule has 1 atom stereocenters. The molecule has 1 unspecified atom stereocenters. The highest BCUT2D eigenvalue weighted by Crippen LogP contribution is 2.50. The van der Waals surface area contributed by atoms with Gasteiger partial charge >= 0.3 is 0 Å². The second-order valence-electron chi connectivity index (χ2n) is 6.47. The molecule has 2 aromatic rings. The Bertz CT molecular complexity index is 780. The highest BCUT2D eigenvalue weighted by atomic mass is 35.5. The summed E-state index contributed by atoms with van der Waals surface area (Å²) in [6, 6.07) is 10.3. The van der Waals surface area contributed by atoms with Crippen molar-refractivity contribution in [2.24, 2.45) is 0 Å². The molecule has 134 valence electrons. The van der Waals surface area contributed by atoms with Crippen LogP contribution in [0.25, 0.3) is 0 Å². The Balaban J connectivity index is 0.00000182. The zero-order valence-electron chi connectivity index (χ0n) is 13.9. The van der Waals surface area contributed by atoms with Crippen molar-refractivity contribution in [3.05, 3.63) is 58.4 Å². The third kappa shape index (κ3) is 3.31. The molecule has 0 aliphatic carbocycles. The molecule has 1 saturated heterocycles. The fraction of sp³-hybridized carbons (Fsp3) is 0.368. The number of rotatable bonds is 2. The summed E-state index contributed by atoms with van der Waals surface area (Å²) in [5.41, 5.74) is 1.80. The molecule has 0 amide bonds. The van der Waals surface area contributed by atoms with E-state index in [0.29, 0.717) is 22.3 Å². The van der Waals surface area contributed by atoms with Crippen LogP contribution in [0.2, 0.25) is 5.02 Å². The van der Waals surface area contributed by atoms with Gasteiger partial charge in [0.15, 0.2) is 11.5 Å². The summed E-state index contributed by atoms with van der Waals surface area (Å²) in [5.74, 6) is 0.533. The monoisotopic (exact) mass is 383 g/mol. The maximum absolute atomic E-state index is 13.4. The number of piperidine rings is 1. The van der Waals surface area contributed by atoms with Gasteiger partial charge in [0.1, 0.15) is 5.82 Å². The summed E-state index contributed by atoms with van der Waals surface area (Å²) in [5, 5.41) is 3.68. The van der Waals surface area contributed by atoms with Crippen LogP contribution in [-0.2, 0) is 5.79 Å². The molecule has 3 nitrogen and oxygen atoms in total. The van der Waals surface area contributed by atoms with Crippen LogP contribution in [0.3, 0.4) is 0 Å². The van der Waals surface area contributed by atoms with Crippen molar-refractivity contribution in [3.8, 4) is 11.5 Å². The molecule has 1 N–H and O–H groups in total. The number of benzene rings is 2. The number of halogens is 3. The van der Waals surface area contributed by atoms with E-state index in [-0.39, 0.29) is 18.2 Å². The van der Waals surface area contributed by atoms with Gasteiger partial charge in [-0.15, -0.1) is 12.4 Å². The summed E-state index contributed by atoms with van der Waals surface area (Å²) in [6.07, 6.45) is 2.15. The van der Waals surface area contributed by atoms with Gasteiger partial charge in [-0.25, -0.2) is 4.39 Å². The van der Waals surface area contributed by atoms with Crippen molar-refractivity contribution >= 4 is 24.0 Å². The van der Waals surface area contributed by atoms with Gasteiger partial charge < -0.3 is 14.8 Å². The van der Waals surface area contributed by atoms with Gasteiger partial charge in [-0.2, -0.15) is 0 Å². The fourth-order valence-electron chi connectivity index (χ4n) is 3.57. The van der Waals surface area contributed by atoms with Crippen LogP contribution in [0.5, 0.6) is 11.5 Å². The SMILES string of the molecule is CC1(c2ccc(F)cc2Cl)Oc2cccc(C3CCNCC3)c2O1.Cl. The van der Waals surface area contributed by atoms with E-state index in [1.165, 1.54) is 17.7 Å². The molecule has 2 aliphatic rings. The minimum atomic E-state index is -1.05. The fourth-order valence-corrected chi connectivity index (χ4v) is 3.91. The smallest absolute Gasteiger partial charge is 0.276 e. The van der Waals surface area contributed by atoms with Gasteiger partial charge in [-0.05, 0) is 56.1 Å². The van der Waals surface area contributed by atoms with Crippen LogP contribution < -0.4 is 14.8 Å². The molecule has 25 heavy (non-hydrogen) atoms. The third-order valence-corrected chi connectivity index (χ3v) is 5.12. The summed E-state index contributed by atoms with van der Waals surface area (Å²) in [4.78, 5) is 0. The van der Waals surface area contributed by atoms with Gasteiger partial charge in [0.25, 0.3) is 5.79 Å². The quantitative estimate of drug-likeness (QED) is 0.790. The summed E-state index contributed by atoms with van der Waals surface area (Å²) in [6.45, 7) is 3.84. The lowest BCUT2D eigenvalue weighted by Gasteiger charge is -2.26. The molecule has 2 aromatic carbocycles. The zero-order valence-corrected chi connectivity index (χ0v) is 15.4. The predicted octanol–water partition coefficient (Wildman–Crippen LogP) is 5.01. The first-order valence-electron chi connectivity index (χ1n) is 8.24. The summed E-state index contributed by atoms with van der Waals surface area (Å²) < 4.78 is 25.7. The van der Waals surface area contributed by atoms with Gasteiger partial charge in [0.05, 0.1) is 10.6 Å². The molecule has 0 radical (unpaired) electrons. The topological polar surface area (TPSA) is 30.5 Å². The van der Waals surface area contributed by atoms with E-state index in [1.54, 1.807) is 6.07 Å². The number of hydrogen-bond acceptors (Lipinski definition) is 3. The molecule has 2 heterocycles. The maximum atomic E-state index is 13.4. The Morgan fingerprint density at radius 3 is 2.64 bits per heavy atom. The van der Waals surface area contributed by atoms with Gasteiger partial charge in [-0.1, -0.05) is 23.7 Å². The van der Waals surface area contributed by atoms with E-state index in [0.717, 1.165) is 31.7 Å². The Morgan fingerprint density at radius 2 is 1.92 bits per heavy atom. The van der Waals surface area contributed by atoms with E-state index < -0.39 is 5.79 Å². The molecular weight excluding hydrogens is 364 g/mol. The Morgan fingerprint density at radius 1 is 1.16 bits per heavy atom. The Hall–Kier alpha value is -1.49. The number of ether oxygens (including phenoxy) is 2. The molecule has 0 bridgehead atoms. The van der Waals surface area contributed by atoms with Gasteiger partial charge in [0, 0.05) is 12.5 Å². The first-order valence-corrected chi connectivity index (χ1v) is 8.62. The molecule has 6 heteroatoms. The van der Waals surface area contributed by atoms with Crippen LogP contribution in [0, 0.1) is 5.82 Å². The molecule has 2 aliphatic heterocycles. The van der Waals surface area contributed by atoms with E-state index >= 15 is 0 Å². The normalized spacial score (nSPS) is 22.5. The maximum Gasteiger partial charge on any atom is 0.276 e. The van der Waals surface area contributed by atoms with E-state index in [9.17, 15) is 4.39 Å². The predicted molar refractivity (Wildman–Crippen MR) is 98.6 cm³/mol. The van der Waals surface area contributed by atoms with Crippen LogP contribution in [0.4, 0.5) is 4.39 Å². The van der Waals surface area contributed by atoms with Crippen molar-refractivity contribution in [2.45, 2.75) is 31.5 Å². The van der Waals surface area contributed by atoms with Crippen LogP contribution in [0.15, 0.2) is 36.4 Å². The van der Waals surface area contributed by atoms with E-state index in [1.807, 2.05) is 19.1 Å². The highest BCUT2D eigenvalue weighted by molar-refractivity contribution is 6.31. The van der Waals surface area contributed by atoms with Crippen molar-refractivity contribution in [1.82, 2.24) is 5.32 Å². The largest absolute Gasteiger partial charge is 0.444 e. The first-order chi connectivity index (χ1) is 11.6. The van der Waals surface area contributed by atoms with Gasteiger partial charge in [-0.3, -0.25) is 0 Å².